The summed E-state index contributed by atoms with van der Waals surface area (Å²) in [6, 6.07) is 16.9. The molecule has 1 fully saturated rings. The van der Waals surface area contributed by atoms with Gasteiger partial charge in [0, 0.05) is 26.2 Å². The summed E-state index contributed by atoms with van der Waals surface area (Å²) < 4.78 is 63.6. The number of anilines is 1. The Morgan fingerprint density at radius 1 is 0.825 bits per heavy atom. The topological polar surface area (TPSA) is 221 Å². The van der Waals surface area contributed by atoms with Crippen LogP contribution in [0.1, 0.15) is 51.2 Å². The summed E-state index contributed by atoms with van der Waals surface area (Å²) in [6.45, 7) is 5.58. The van der Waals surface area contributed by atoms with Crippen LogP contribution in [0, 0.1) is 5.92 Å². The van der Waals surface area contributed by atoms with Crippen LogP contribution in [0.3, 0.4) is 0 Å². The molecule has 1 saturated carbocycles. The number of nitrogens with zero attached hydrogens (tertiary/aromatic N) is 1. The van der Waals surface area contributed by atoms with Crippen LogP contribution in [0.25, 0.3) is 0 Å². The molecule has 0 aromatic heterocycles. The van der Waals surface area contributed by atoms with Crippen LogP contribution in [-0.4, -0.2) is 95.2 Å². The zero-order valence-electron chi connectivity index (χ0n) is 32.6. The molecule has 3 aromatic carbocycles. The highest BCUT2D eigenvalue weighted by atomic mass is 32.2. The predicted octanol–water partition coefficient (Wildman–Crippen LogP) is 1.60. The summed E-state index contributed by atoms with van der Waals surface area (Å²) in [5, 5.41) is 11.3. The summed E-state index contributed by atoms with van der Waals surface area (Å²) in [4.78, 5) is 54.7. The number of carbonyl (C=O) groups is 4. The maximum Gasteiger partial charge on any atom is 0.301 e. The van der Waals surface area contributed by atoms with E-state index in [9.17, 15) is 36.0 Å². The van der Waals surface area contributed by atoms with E-state index in [0.717, 1.165) is 9.87 Å². The molecular formula is C39H51N7O9S2. The Kier molecular flexibility index (Phi) is 13.6. The molecular weight excluding hydrogens is 775 g/mol. The van der Waals surface area contributed by atoms with Gasteiger partial charge < -0.3 is 26.0 Å². The van der Waals surface area contributed by atoms with Crippen LogP contribution in [0.15, 0.2) is 83.8 Å². The highest BCUT2D eigenvalue weighted by Crippen LogP contribution is 2.36. The molecule has 0 radical (unpaired) electrons. The standard InChI is InChI=1S/C39H51N7O9S2/c1-25(2)21-30-24-55-31-15-11-28(12-16-31)23-34(45-56(51,52)32-17-13-29(14-18-32)44-57(53,54)46(4)5)37(49)40-26(3)35(47)43-39(19-20-39)38(50)42-33(36(48)41-30)22-27-9-7-6-8-10-27/h6-18,25-26,30,33-34,44-45H,19-24H2,1-5H3,(H,40,49)(H,41,48)(H,42,50)(H,43,47)/t26-,30+,33-,34+/m1/s1. The molecule has 2 aliphatic heterocycles. The molecule has 3 aromatic rings. The van der Waals surface area contributed by atoms with Gasteiger partial charge in [0.25, 0.3) is 0 Å². The average molecular weight is 826 g/mol. The summed E-state index contributed by atoms with van der Waals surface area (Å²) in [7, 11) is -5.53. The van der Waals surface area contributed by atoms with Crippen LogP contribution < -0.4 is 35.4 Å². The third kappa shape index (κ3) is 11.8. The van der Waals surface area contributed by atoms with Crippen molar-refractivity contribution in [2.24, 2.45) is 5.92 Å². The zero-order valence-corrected chi connectivity index (χ0v) is 34.2. The minimum Gasteiger partial charge on any atom is -0.491 e. The molecule has 3 aliphatic rings. The first-order valence-corrected chi connectivity index (χ1v) is 21.6. The Hall–Kier alpha value is -5.04. The van der Waals surface area contributed by atoms with E-state index in [4.69, 9.17) is 4.74 Å². The molecule has 16 nitrogen and oxygen atoms in total. The zero-order chi connectivity index (χ0) is 41.5. The molecule has 6 N–H and O–H groups in total. The lowest BCUT2D eigenvalue weighted by atomic mass is 10.0. The Labute approximate surface area is 334 Å². The number of carbonyl (C=O) groups excluding carboxylic acids is 4. The van der Waals surface area contributed by atoms with Gasteiger partial charge in [-0.3, -0.25) is 23.9 Å². The third-order valence-electron chi connectivity index (χ3n) is 9.63. The van der Waals surface area contributed by atoms with E-state index in [-0.39, 0.29) is 35.9 Å². The first-order chi connectivity index (χ1) is 26.9. The Balaban J connectivity index is 1.42. The minimum atomic E-state index is -4.37. The van der Waals surface area contributed by atoms with E-state index in [1.165, 1.54) is 45.3 Å². The third-order valence-corrected chi connectivity index (χ3v) is 12.6. The van der Waals surface area contributed by atoms with Crippen molar-refractivity contribution in [3.05, 3.63) is 90.0 Å². The van der Waals surface area contributed by atoms with Gasteiger partial charge in [-0.05, 0) is 86.1 Å². The van der Waals surface area contributed by atoms with Crippen molar-refractivity contribution >= 4 is 49.5 Å². The van der Waals surface area contributed by atoms with Crippen molar-refractivity contribution in [2.75, 3.05) is 25.4 Å². The molecule has 1 aliphatic carbocycles. The SMILES string of the molecule is CC(C)C[C@H]1COc2ccc(cc2)C[C@H](NS(=O)(=O)c2ccc(NS(=O)(=O)N(C)C)cc2)C(=O)N[C@H](C)C(=O)NC2(CC2)C(=O)N[C@H](Cc2ccccc2)C(=O)N1. The van der Waals surface area contributed by atoms with E-state index in [1.54, 1.807) is 24.3 Å². The number of hydrogen-bond acceptors (Lipinski definition) is 9. The maximum absolute atomic E-state index is 13.9. The number of benzene rings is 3. The number of ether oxygens (including phenoxy) is 1. The second kappa shape index (κ2) is 18.0. The van der Waals surface area contributed by atoms with Crippen molar-refractivity contribution in [1.82, 2.24) is 30.3 Å². The van der Waals surface area contributed by atoms with Crippen molar-refractivity contribution in [3.63, 3.8) is 0 Å². The summed E-state index contributed by atoms with van der Waals surface area (Å²) in [6.07, 6.45) is 1.27. The second-order valence-corrected chi connectivity index (χ2v) is 18.7. The van der Waals surface area contributed by atoms with E-state index < -0.39 is 73.6 Å². The molecule has 1 spiro atoms. The van der Waals surface area contributed by atoms with Crippen LogP contribution in [-0.2, 0) is 52.3 Å². The van der Waals surface area contributed by atoms with Gasteiger partial charge in [0.05, 0.1) is 10.9 Å². The summed E-state index contributed by atoms with van der Waals surface area (Å²) >= 11 is 0. The molecule has 0 unspecified atom stereocenters. The lowest BCUT2D eigenvalue weighted by Crippen LogP contribution is -2.59. The van der Waals surface area contributed by atoms with Gasteiger partial charge in [-0.1, -0.05) is 56.3 Å². The van der Waals surface area contributed by atoms with Crippen molar-refractivity contribution < 1.29 is 40.8 Å². The molecule has 308 valence electrons. The van der Waals surface area contributed by atoms with Gasteiger partial charge in [0.2, 0.25) is 33.7 Å². The minimum absolute atomic E-state index is 0.118. The van der Waals surface area contributed by atoms with Crippen molar-refractivity contribution in [2.45, 2.75) is 87.5 Å². The fraction of sp³-hybridized carbons (Fsp3) is 0.436. The molecule has 4 amide bonds. The number of hydrogen-bond donors (Lipinski definition) is 6. The first kappa shape index (κ1) is 43.1. The number of fused-ring (bicyclic) bond motifs is 15. The Morgan fingerprint density at radius 2 is 1.47 bits per heavy atom. The number of nitrogens with one attached hydrogen (secondary N) is 6. The molecule has 4 atom stereocenters. The molecule has 57 heavy (non-hydrogen) atoms. The summed E-state index contributed by atoms with van der Waals surface area (Å²) in [5.41, 5.74) is 0.206. The Morgan fingerprint density at radius 3 is 2.07 bits per heavy atom. The van der Waals surface area contributed by atoms with Crippen molar-refractivity contribution in [3.8, 4) is 5.75 Å². The highest BCUT2D eigenvalue weighted by Gasteiger charge is 2.52. The molecule has 0 saturated heterocycles. The van der Waals surface area contributed by atoms with Crippen LogP contribution in [0.5, 0.6) is 5.75 Å². The van der Waals surface area contributed by atoms with E-state index >= 15 is 0 Å². The fourth-order valence-electron chi connectivity index (χ4n) is 6.19. The molecule has 6 rings (SSSR count). The Bertz CT molecular complexity index is 2130. The largest absolute Gasteiger partial charge is 0.491 e. The molecule has 2 heterocycles. The smallest absolute Gasteiger partial charge is 0.301 e. The van der Waals surface area contributed by atoms with Gasteiger partial charge in [0.1, 0.15) is 36.0 Å². The lowest BCUT2D eigenvalue weighted by Gasteiger charge is -2.27. The fourth-order valence-corrected chi connectivity index (χ4v) is 8.00. The summed E-state index contributed by atoms with van der Waals surface area (Å²) in [5.74, 6) is -1.75. The molecule has 2 bridgehead atoms. The maximum atomic E-state index is 13.9. The van der Waals surface area contributed by atoms with Gasteiger partial charge >= 0.3 is 10.2 Å². The normalized spacial score (nSPS) is 22.2. The highest BCUT2D eigenvalue weighted by molar-refractivity contribution is 7.90. The van der Waals surface area contributed by atoms with Crippen molar-refractivity contribution in [1.29, 1.82) is 0 Å². The van der Waals surface area contributed by atoms with Crippen LogP contribution >= 0.6 is 0 Å². The van der Waals surface area contributed by atoms with Gasteiger partial charge in [-0.25, -0.2) is 8.42 Å². The monoisotopic (exact) mass is 825 g/mol. The van der Waals surface area contributed by atoms with E-state index in [0.29, 0.717) is 30.6 Å². The number of amides is 4. The quantitative estimate of drug-likeness (QED) is 0.163. The van der Waals surface area contributed by atoms with E-state index in [1.807, 2.05) is 44.2 Å². The van der Waals surface area contributed by atoms with Crippen LogP contribution in [0.2, 0.25) is 0 Å². The van der Waals surface area contributed by atoms with E-state index in [2.05, 4.69) is 30.7 Å². The average Bonchev–Trinajstić information content (AvgIpc) is 3.94. The number of rotatable bonds is 10. The van der Waals surface area contributed by atoms with Gasteiger partial charge in [0.15, 0.2) is 0 Å². The molecule has 18 heteroatoms. The second-order valence-electron chi connectivity index (χ2n) is 15.1. The van der Waals surface area contributed by atoms with Crippen LogP contribution in [0.4, 0.5) is 5.69 Å². The van der Waals surface area contributed by atoms with Gasteiger partial charge in [-0.15, -0.1) is 0 Å². The predicted molar refractivity (Wildman–Crippen MR) is 214 cm³/mol. The number of sulfonamides is 1. The van der Waals surface area contributed by atoms with Gasteiger partial charge in [-0.2, -0.15) is 17.4 Å². The first-order valence-electron chi connectivity index (χ1n) is 18.7. The lowest BCUT2D eigenvalue weighted by molar-refractivity contribution is -0.134.